The van der Waals surface area contributed by atoms with E-state index in [2.05, 4.69) is 15.3 Å². The van der Waals surface area contributed by atoms with Crippen LogP contribution in [0.5, 0.6) is 0 Å². The van der Waals surface area contributed by atoms with Crippen molar-refractivity contribution in [3.05, 3.63) is 52.1 Å². The normalized spacial score (nSPS) is 14.3. The molecular weight excluding hydrogens is 240 g/mol. The molecule has 3 rings (SSSR count). The molecule has 1 heterocycles. The van der Waals surface area contributed by atoms with Gasteiger partial charge in [0.1, 0.15) is 11.6 Å². The first kappa shape index (κ1) is 11.8. The number of nitrogen functional groups attached to an aromatic ring is 1. The Morgan fingerprint density at radius 1 is 1.37 bits per heavy atom. The number of aromatic amines is 1. The molecule has 0 radical (unpaired) electrons. The van der Waals surface area contributed by atoms with Crippen LogP contribution in [0.4, 0.5) is 11.5 Å². The van der Waals surface area contributed by atoms with E-state index in [1.807, 2.05) is 24.3 Å². The van der Waals surface area contributed by atoms with E-state index in [9.17, 15) is 4.79 Å². The van der Waals surface area contributed by atoms with Gasteiger partial charge in [0, 0.05) is 24.2 Å². The van der Waals surface area contributed by atoms with E-state index in [0.29, 0.717) is 18.3 Å². The van der Waals surface area contributed by atoms with Crippen LogP contribution in [0, 0.1) is 0 Å². The van der Waals surface area contributed by atoms with Crippen molar-refractivity contribution in [3.63, 3.8) is 0 Å². The highest BCUT2D eigenvalue weighted by atomic mass is 16.1. The van der Waals surface area contributed by atoms with Gasteiger partial charge in [-0.15, -0.1) is 0 Å². The third kappa shape index (κ3) is 2.76. The van der Waals surface area contributed by atoms with Crippen molar-refractivity contribution in [2.75, 3.05) is 11.1 Å². The summed E-state index contributed by atoms with van der Waals surface area (Å²) in [4.78, 5) is 18.8. The second kappa shape index (κ2) is 4.76. The van der Waals surface area contributed by atoms with Crippen LogP contribution in [-0.4, -0.2) is 9.97 Å². The molecule has 0 aliphatic heterocycles. The third-order valence-corrected chi connectivity index (χ3v) is 3.24. The highest BCUT2D eigenvalue weighted by Gasteiger charge is 2.26. The maximum atomic E-state index is 11.6. The highest BCUT2D eigenvalue weighted by Crippen LogP contribution is 2.37. The molecule has 1 saturated carbocycles. The number of anilines is 2. The Bertz CT molecular complexity index is 646. The monoisotopic (exact) mass is 256 g/mol. The maximum Gasteiger partial charge on any atom is 0.252 e. The first-order chi connectivity index (χ1) is 9.22. The Kier molecular flexibility index (Phi) is 2.95. The Balaban J connectivity index is 1.76. The summed E-state index contributed by atoms with van der Waals surface area (Å²) in [5, 5.41) is 3.15. The molecule has 0 saturated heterocycles. The van der Waals surface area contributed by atoms with Crippen molar-refractivity contribution in [2.24, 2.45) is 0 Å². The van der Waals surface area contributed by atoms with Crippen LogP contribution in [0.25, 0.3) is 0 Å². The molecule has 0 unspecified atom stereocenters. The van der Waals surface area contributed by atoms with E-state index in [4.69, 9.17) is 5.73 Å². The van der Waals surface area contributed by atoms with Crippen LogP contribution in [0.2, 0.25) is 0 Å². The van der Waals surface area contributed by atoms with E-state index < -0.39 is 0 Å². The number of hydrogen-bond acceptors (Lipinski definition) is 4. The van der Waals surface area contributed by atoms with Crippen molar-refractivity contribution in [1.82, 2.24) is 9.97 Å². The number of nitrogens with one attached hydrogen (secondary N) is 2. The van der Waals surface area contributed by atoms with Gasteiger partial charge in [0.25, 0.3) is 5.56 Å². The molecule has 1 aromatic heterocycles. The maximum absolute atomic E-state index is 11.6. The number of hydrogen-bond donors (Lipinski definition) is 3. The molecule has 19 heavy (non-hydrogen) atoms. The fraction of sp³-hybridized carbons (Fsp3) is 0.286. The summed E-state index contributed by atoms with van der Waals surface area (Å²) in [7, 11) is 0. The van der Waals surface area contributed by atoms with Gasteiger partial charge in [0.2, 0.25) is 0 Å². The molecule has 5 nitrogen and oxygen atoms in total. The minimum absolute atomic E-state index is 0.111. The lowest BCUT2D eigenvalue weighted by atomic mass is 10.2. The zero-order valence-corrected chi connectivity index (χ0v) is 10.5. The van der Waals surface area contributed by atoms with E-state index in [-0.39, 0.29) is 5.56 Å². The average Bonchev–Trinajstić information content (AvgIpc) is 3.21. The van der Waals surface area contributed by atoms with Crippen LogP contribution in [0.1, 0.15) is 30.1 Å². The summed E-state index contributed by atoms with van der Waals surface area (Å²) in [6, 6.07) is 9.13. The zero-order valence-electron chi connectivity index (χ0n) is 10.5. The fourth-order valence-electron chi connectivity index (χ4n) is 2.00. The predicted octanol–water partition coefficient (Wildman–Crippen LogP) is 1.84. The van der Waals surface area contributed by atoms with Gasteiger partial charge in [-0.1, -0.05) is 18.2 Å². The largest absolute Gasteiger partial charge is 0.398 e. The lowest BCUT2D eigenvalue weighted by molar-refractivity contribution is 0.903. The van der Waals surface area contributed by atoms with Crippen molar-refractivity contribution in [2.45, 2.75) is 25.3 Å². The van der Waals surface area contributed by atoms with Crippen LogP contribution in [0.3, 0.4) is 0 Å². The molecule has 98 valence electrons. The smallest absolute Gasteiger partial charge is 0.252 e. The van der Waals surface area contributed by atoms with Crippen molar-refractivity contribution < 1.29 is 0 Å². The lowest BCUT2D eigenvalue weighted by Gasteiger charge is -2.08. The van der Waals surface area contributed by atoms with Gasteiger partial charge in [-0.3, -0.25) is 4.79 Å². The molecule has 0 atom stereocenters. The number of para-hydroxylation sites is 1. The number of nitrogens with zero attached hydrogens (tertiary/aromatic N) is 1. The van der Waals surface area contributed by atoms with Gasteiger partial charge in [-0.2, -0.15) is 0 Å². The van der Waals surface area contributed by atoms with Crippen LogP contribution in [0.15, 0.2) is 35.1 Å². The van der Waals surface area contributed by atoms with Gasteiger partial charge in [-0.25, -0.2) is 4.98 Å². The summed E-state index contributed by atoms with van der Waals surface area (Å²) in [5.74, 6) is 1.82. The summed E-state index contributed by atoms with van der Waals surface area (Å²) < 4.78 is 0. The number of aromatic nitrogens is 2. The fourth-order valence-corrected chi connectivity index (χ4v) is 2.00. The first-order valence-electron chi connectivity index (χ1n) is 6.41. The summed E-state index contributed by atoms with van der Waals surface area (Å²) in [5.41, 5.74) is 7.50. The summed E-state index contributed by atoms with van der Waals surface area (Å²) in [6.07, 6.45) is 2.22. The Morgan fingerprint density at radius 3 is 2.89 bits per heavy atom. The summed E-state index contributed by atoms with van der Waals surface area (Å²) in [6.45, 7) is 0.563. The molecule has 2 aromatic rings. The van der Waals surface area contributed by atoms with Crippen LogP contribution >= 0.6 is 0 Å². The summed E-state index contributed by atoms with van der Waals surface area (Å²) >= 11 is 0. The van der Waals surface area contributed by atoms with Crippen LogP contribution in [-0.2, 0) is 6.54 Å². The van der Waals surface area contributed by atoms with E-state index in [1.54, 1.807) is 0 Å². The Hall–Kier alpha value is -2.30. The molecular formula is C14H16N4O. The van der Waals surface area contributed by atoms with E-state index >= 15 is 0 Å². The second-order valence-electron chi connectivity index (χ2n) is 4.84. The minimum atomic E-state index is -0.111. The second-order valence-corrected chi connectivity index (χ2v) is 4.84. The molecule has 1 fully saturated rings. The SMILES string of the molecule is Nc1ccccc1CNc1cc(=O)[nH]c(C2CC2)n1. The molecule has 0 amide bonds. The average molecular weight is 256 g/mol. The van der Waals surface area contributed by atoms with E-state index in [1.165, 1.54) is 6.07 Å². The third-order valence-electron chi connectivity index (χ3n) is 3.24. The minimum Gasteiger partial charge on any atom is -0.398 e. The number of H-pyrrole nitrogens is 1. The molecule has 0 spiro atoms. The Labute approximate surface area is 110 Å². The topological polar surface area (TPSA) is 83.8 Å². The Morgan fingerprint density at radius 2 is 2.16 bits per heavy atom. The highest BCUT2D eigenvalue weighted by molar-refractivity contribution is 5.48. The van der Waals surface area contributed by atoms with Crippen LogP contribution < -0.4 is 16.6 Å². The van der Waals surface area contributed by atoms with Crippen molar-refractivity contribution >= 4 is 11.5 Å². The standard InChI is InChI=1S/C14H16N4O/c15-11-4-2-1-3-10(11)8-16-12-7-13(19)18-14(17-12)9-5-6-9/h1-4,7,9H,5-6,8,15H2,(H2,16,17,18,19). The molecule has 1 aliphatic rings. The molecule has 4 N–H and O–H groups in total. The number of nitrogens with two attached hydrogens (primary N) is 1. The molecule has 1 aromatic carbocycles. The van der Waals surface area contributed by atoms with Crippen molar-refractivity contribution in [1.29, 1.82) is 0 Å². The molecule has 1 aliphatic carbocycles. The predicted molar refractivity (Wildman–Crippen MR) is 75.0 cm³/mol. The first-order valence-corrected chi connectivity index (χ1v) is 6.41. The lowest BCUT2D eigenvalue weighted by Crippen LogP contribution is -2.13. The van der Waals surface area contributed by atoms with Gasteiger partial charge < -0.3 is 16.0 Å². The number of rotatable bonds is 4. The number of benzene rings is 1. The quantitative estimate of drug-likeness (QED) is 0.729. The van der Waals surface area contributed by atoms with Gasteiger partial charge in [0.05, 0.1) is 0 Å². The molecule has 5 heteroatoms. The van der Waals surface area contributed by atoms with Gasteiger partial charge >= 0.3 is 0 Å². The zero-order chi connectivity index (χ0) is 13.2. The van der Waals surface area contributed by atoms with Crippen molar-refractivity contribution in [3.8, 4) is 0 Å². The van der Waals surface area contributed by atoms with Gasteiger partial charge in [0.15, 0.2) is 0 Å². The van der Waals surface area contributed by atoms with Gasteiger partial charge in [-0.05, 0) is 24.5 Å². The molecule has 0 bridgehead atoms. The van der Waals surface area contributed by atoms with E-state index in [0.717, 1.165) is 29.9 Å².